The van der Waals surface area contributed by atoms with Crippen LogP contribution < -0.4 is 4.57 Å². The molecular formula is C19H17N2O+. The molecule has 3 heteroatoms. The van der Waals surface area contributed by atoms with Crippen LogP contribution in [-0.2, 0) is 7.05 Å². The fourth-order valence-electron chi connectivity index (χ4n) is 2.98. The lowest BCUT2D eigenvalue weighted by molar-refractivity contribution is -0.660. The van der Waals surface area contributed by atoms with Gasteiger partial charge < -0.3 is 4.42 Å². The number of hydrogen-bond donors (Lipinski definition) is 0. The predicted molar refractivity (Wildman–Crippen MR) is 87.6 cm³/mol. The maximum atomic E-state index is 5.97. The second-order valence-electron chi connectivity index (χ2n) is 5.77. The fraction of sp³-hybridized carbons (Fsp3) is 0.158. The first kappa shape index (κ1) is 13.0. The SMILES string of the molecule is Cc1ccc2c(n1)oc1cc(-c3cccc[n+]3C)c(C)cc12. The van der Waals surface area contributed by atoms with Crippen molar-refractivity contribution in [1.82, 2.24) is 4.98 Å². The molecule has 108 valence electrons. The molecule has 0 aliphatic carbocycles. The molecule has 0 unspecified atom stereocenters. The van der Waals surface area contributed by atoms with Crippen LogP contribution in [0.5, 0.6) is 0 Å². The standard InChI is InChI=1S/C19H17N2O/c1-12-10-16-14-8-7-13(2)20-19(14)22-18(16)11-15(12)17-6-4-5-9-21(17)3/h4-11H,1-3H3/q+1. The zero-order valence-electron chi connectivity index (χ0n) is 12.9. The predicted octanol–water partition coefficient (Wildman–Crippen LogP) is 4.09. The average Bonchev–Trinajstić information content (AvgIpc) is 2.83. The van der Waals surface area contributed by atoms with Gasteiger partial charge in [0.25, 0.3) is 0 Å². The number of nitrogens with zero attached hydrogens (tertiary/aromatic N) is 2. The molecule has 3 heterocycles. The number of hydrogen-bond acceptors (Lipinski definition) is 2. The summed E-state index contributed by atoms with van der Waals surface area (Å²) in [6, 6.07) is 14.6. The Labute approximate surface area is 128 Å². The Morgan fingerprint density at radius 2 is 1.86 bits per heavy atom. The van der Waals surface area contributed by atoms with Crippen molar-refractivity contribution in [3.63, 3.8) is 0 Å². The highest BCUT2D eigenvalue weighted by molar-refractivity contribution is 6.05. The Balaban J connectivity index is 2.04. The molecule has 0 fully saturated rings. The molecular weight excluding hydrogens is 272 g/mol. The summed E-state index contributed by atoms with van der Waals surface area (Å²) in [5.41, 5.74) is 6.16. The molecule has 0 saturated heterocycles. The Morgan fingerprint density at radius 1 is 1.00 bits per heavy atom. The number of fused-ring (bicyclic) bond motifs is 3. The molecule has 0 radical (unpaired) electrons. The molecule has 4 aromatic rings. The van der Waals surface area contributed by atoms with Crippen molar-refractivity contribution in [3.8, 4) is 11.3 Å². The van der Waals surface area contributed by atoms with E-state index in [4.69, 9.17) is 4.42 Å². The van der Waals surface area contributed by atoms with E-state index in [1.165, 1.54) is 16.8 Å². The van der Waals surface area contributed by atoms with Crippen molar-refractivity contribution < 1.29 is 8.98 Å². The Hall–Kier alpha value is -2.68. The summed E-state index contributed by atoms with van der Waals surface area (Å²) in [5, 5.41) is 2.20. The molecule has 0 bridgehead atoms. The third-order valence-electron chi connectivity index (χ3n) is 4.15. The molecule has 3 aromatic heterocycles. The highest BCUT2D eigenvalue weighted by Gasteiger charge is 2.16. The minimum absolute atomic E-state index is 0.712. The lowest BCUT2D eigenvalue weighted by Gasteiger charge is -2.04. The molecule has 0 aliphatic rings. The van der Waals surface area contributed by atoms with Gasteiger partial charge in [-0.25, -0.2) is 9.55 Å². The number of pyridine rings is 2. The summed E-state index contributed by atoms with van der Waals surface area (Å²) < 4.78 is 8.09. The quantitative estimate of drug-likeness (QED) is 0.494. The number of rotatable bonds is 1. The number of benzene rings is 1. The van der Waals surface area contributed by atoms with Crippen LogP contribution in [0.1, 0.15) is 11.3 Å². The smallest absolute Gasteiger partial charge is 0.227 e. The maximum Gasteiger partial charge on any atom is 0.227 e. The van der Waals surface area contributed by atoms with Gasteiger partial charge in [0.1, 0.15) is 12.6 Å². The molecule has 4 rings (SSSR count). The van der Waals surface area contributed by atoms with Crippen molar-refractivity contribution in [3.05, 3.63) is 59.9 Å². The van der Waals surface area contributed by atoms with Crippen LogP contribution in [0.3, 0.4) is 0 Å². The number of furan rings is 1. The Morgan fingerprint density at radius 3 is 2.68 bits per heavy atom. The van der Waals surface area contributed by atoms with Crippen LogP contribution >= 0.6 is 0 Å². The first-order valence-electron chi connectivity index (χ1n) is 7.39. The van der Waals surface area contributed by atoms with E-state index in [1.807, 2.05) is 19.1 Å². The highest BCUT2D eigenvalue weighted by atomic mass is 16.3. The summed E-state index contributed by atoms with van der Waals surface area (Å²) >= 11 is 0. The Kier molecular flexibility index (Phi) is 2.76. The molecule has 0 saturated carbocycles. The van der Waals surface area contributed by atoms with Gasteiger partial charge in [-0.1, -0.05) is 0 Å². The van der Waals surface area contributed by atoms with Crippen LogP contribution in [0.25, 0.3) is 33.3 Å². The van der Waals surface area contributed by atoms with Crippen molar-refractivity contribution in [2.75, 3.05) is 0 Å². The second-order valence-corrected chi connectivity index (χ2v) is 5.77. The lowest BCUT2D eigenvalue weighted by Crippen LogP contribution is -2.30. The van der Waals surface area contributed by atoms with Crippen LogP contribution in [0, 0.1) is 13.8 Å². The van der Waals surface area contributed by atoms with Gasteiger partial charge in [-0.3, -0.25) is 0 Å². The number of aromatic nitrogens is 2. The third-order valence-corrected chi connectivity index (χ3v) is 4.15. The lowest BCUT2D eigenvalue weighted by atomic mass is 10.0. The average molecular weight is 289 g/mol. The van der Waals surface area contributed by atoms with Crippen molar-refractivity contribution in [2.24, 2.45) is 7.05 Å². The summed E-state index contributed by atoms with van der Waals surface area (Å²) in [7, 11) is 2.06. The van der Waals surface area contributed by atoms with E-state index in [2.05, 4.69) is 60.1 Å². The van der Waals surface area contributed by atoms with E-state index >= 15 is 0 Å². The monoisotopic (exact) mass is 289 g/mol. The van der Waals surface area contributed by atoms with Crippen LogP contribution in [0.2, 0.25) is 0 Å². The van der Waals surface area contributed by atoms with Gasteiger partial charge in [-0.2, -0.15) is 0 Å². The van der Waals surface area contributed by atoms with Gasteiger partial charge in [0.05, 0.1) is 5.56 Å². The van der Waals surface area contributed by atoms with E-state index < -0.39 is 0 Å². The molecule has 22 heavy (non-hydrogen) atoms. The van der Waals surface area contributed by atoms with Crippen molar-refractivity contribution in [1.29, 1.82) is 0 Å². The summed E-state index contributed by atoms with van der Waals surface area (Å²) in [6.07, 6.45) is 2.06. The van der Waals surface area contributed by atoms with Crippen molar-refractivity contribution in [2.45, 2.75) is 13.8 Å². The highest BCUT2D eigenvalue weighted by Crippen LogP contribution is 2.32. The molecule has 0 atom stereocenters. The van der Waals surface area contributed by atoms with Crippen LogP contribution in [0.4, 0.5) is 0 Å². The van der Waals surface area contributed by atoms with Gasteiger partial charge in [0.15, 0.2) is 6.20 Å². The van der Waals surface area contributed by atoms with E-state index in [0.29, 0.717) is 5.71 Å². The number of aryl methyl sites for hydroxylation is 3. The van der Waals surface area contributed by atoms with Crippen LogP contribution in [0.15, 0.2) is 53.1 Å². The largest absolute Gasteiger partial charge is 0.438 e. The van der Waals surface area contributed by atoms with Crippen LogP contribution in [-0.4, -0.2) is 4.98 Å². The zero-order valence-corrected chi connectivity index (χ0v) is 12.9. The topological polar surface area (TPSA) is 29.9 Å². The molecule has 0 spiro atoms. The van der Waals surface area contributed by atoms with Gasteiger partial charge in [0.2, 0.25) is 11.4 Å². The van der Waals surface area contributed by atoms with Gasteiger partial charge in [0, 0.05) is 28.6 Å². The van der Waals surface area contributed by atoms with Gasteiger partial charge in [-0.15, -0.1) is 0 Å². The zero-order chi connectivity index (χ0) is 15.3. The van der Waals surface area contributed by atoms with E-state index in [-0.39, 0.29) is 0 Å². The van der Waals surface area contributed by atoms with E-state index in [9.17, 15) is 0 Å². The molecule has 0 N–H and O–H groups in total. The normalized spacial score (nSPS) is 11.4. The molecule has 0 amide bonds. The first-order valence-corrected chi connectivity index (χ1v) is 7.39. The molecule has 3 nitrogen and oxygen atoms in total. The summed E-state index contributed by atoms with van der Waals surface area (Å²) in [6.45, 7) is 4.12. The molecule has 1 aromatic carbocycles. The minimum atomic E-state index is 0.712. The Bertz CT molecular complexity index is 1010. The van der Waals surface area contributed by atoms with Crippen molar-refractivity contribution >= 4 is 22.1 Å². The van der Waals surface area contributed by atoms with E-state index in [0.717, 1.165) is 22.0 Å². The maximum absolute atomic E-state index is 5.97. The van der Waals surface area contributed by atoms with E-state index in [1.54, 1.807) is 0 Å². The summed E-state index contributed by atoms with van der Waals surface area (Å²) in [4.78, 5) is 4.49. The fourth-order valence-corrected chi connectivity index (χ4v) is 2.98. The minimum Gasteiger partial charge on any atom is -0.438 e. The van der Waals surface area contributed by atoms with Gasteiger partial charge in [-0.05, 0) is 49.7 Å². The second kappa shape index (κ2) is 4.67. The summed E-state index contributed by atoms with van der Waals surface area (Å²) in [5.74, 6) is 0. The first-order chi connectivity index (χ1) is 10.6. The van der Waals surface area contributed by atoms with Gasteiger partial charge >= 0.3 is 0 Å². The third kappa shape index (κ3) is 1.90. The molecule has 0 aliphatic heterocycles.